The molecule has 2 rings (SSSR count). The summed E-state index contributed by atoms with van der Waals surface area (Å²) in [6.07, 6.45) is 6.89. The van der Waals surface area contributed by atoms with Crippen molar-refractivity contribution in [2.24, 2.45) is 0 Å². The second kappa shape index (κ2) is 5.03. The van der Waals surface area contributed by atoms with Crippen LogP contribution in [0.25, 0.3) is 0 Å². The van der Waals surface area contributed by atoms with Crippen molar-refractivity contribution in [3.05, 3.63) is 35.4 Å². The Kier molecular flexibility index (Phi) is 3.66. The Labute approximate surface area is 104 Å². The molecule has 0 amide bonds. The van der Waals surface area contributed by atoms with E-state index in [2.05, 4.69) is 38.1 Å². The van der Waals surface area contributed by atoms with Crippen LogP contribution in [-0.2, 0) is 10.2 Å². The van der Waals surface area contributed by atoms with E-state index >= 15 is 0 Å². The van der Waals surface area contributed by atoms with Gasteiger partial charge in [0.05, 0.1) is 5.41 Å². The molecule has 1 heteroatoms. The Bertz CT molecular complexity index is 369. The van der Waals surface area contributed by atoms with Gasteiger partial charge in [0, 0.05) is 0 Å². The van der Waals surface area contributed by atoms with Gasteiger partial charge < -0.3 is 4.79 Å². The maximum atomic E-state index is 11.5. The van der Waals surface area contributed by atoms with Crippen LogP contribution >= 0.6 is 0 Å². The van der Waals surface area contributed by atoms with Crippen LogP contribution in [0.3, 0.4) is 0 Å². The third-order valence-corrected chi connectivity index (χ3v) is 4.12. The van der Waals surface area contributed by atoms with Gasteiger partial charge in [-0.1, -0.05) is 57.4 Å². The van der Waals surface area contributed by atoms with Gasteiger partial charge in [-0.25, -0.2) is 0 Å². The molecule has 17 heavy (non-hydrogen) atoms. The highest BCUT2D eigenvalue weighted by Gasteiger charge is 2.33. The van der Waals surface area contributed by atoms with E-state index in [-0.39, 0.29) is 5.41 Å². The van der Waals surface area contributed by atoms with Gasteiger partial charge in [-0.3, -0.25) is 0 Å². The SMILES string of the molecule is CC(C)c1ccc(C2(C=O)CCCCC2)cc1. The first-order chi connectivity index (χ1) is 8.18. The number of carbonyl (C=O) groups is 1. The Morgan fingerprint density at radius 2 is 1.65 bits per heavy atom. The largest absolute Gasteiger partial charge is 0.302 e. The molecule has 92 valence electrons. The van der Waals surface area contributed by atoms with E-state index in [1.807, 2.05) is 0 Å². The zero-order chi connectivity index (χ0) is 12.3. The molecule has 1 nitrogen and oxygen atoms in total. The number of hydrogen-bond acceptors (Lipinski definition) is 1. The van der Waals surface area contributed by atoms with Crippen molar-refractivity contribution in [1.82, 2.24) is 0 Å². The molecule has 1 fully saturated rings. The lowest BCUT2D eigenvalue weighted by Gasteiger charge is -2.32. The fraction of sp³-hybridized carbons (Fsp3) is 0.562. The third-order valence-electron chi connectivity index (χ3n) is 4.12. The van der Waals surface area contributed by atoms with Crippen LogP contribution in [0.15, 0.2) is 24.3 Å². The normalized spacial score (nSPS) is 19.2. The van der Waals surface area contributed by atoms with Crippen LogP contribution in [0.1, 0.15) is 63.0 Å². The molecule has 0 bridgehead atoms. The minimum Gasteiger partial charge on any atom is -0.302 e. The molecule has 1 aliphatic rings. The van der Waals surface area contributed by atoms with Crippen molar-refractivity contribution in [3.8, 4) is 0 Å². The summed E-state index contributed by atoms with van der Waals surface area (Å²) in [5, 5.41) is 0. The molecule has 1 saturated carbocycles. The van der Waals surface area contributed by atoms with Gasteiger partial charge in [-0.05, 0) is 29.9 Å². The fourth-order valence-corrected chi connectivity index (χ4v) is 2.86. The van der Waals surface area contributed by atoms with Crippen molar-refractivity contribution < 1.29 is 4.79 Å². The second-order valence-electron chi connectivity index (χ2n) is 5.61. The Morgan fingerprint density at radius 1 is 1.06 bits per heavy atom. The van der Waals surface area contributed by atoms with Crippen LogP contribution in [-0.4, -0.2) is 6.29 Å². The zero-order valence-corrected chi connectivity index (χ0v) is 10.9. The molecule has 0 spiro atoms. The van der Waals surface area contributed by atoms with E-state index in [1.54, 1.807) is 0 Å². The highest BCUT2D eigenvalue weighted by atomic mass is 16.1. The van der Waals surface area contributed by atoms with Crippen molar-refractivity contribution in [2.75, 3.05) is 0 Å². The smallest absolute Gasteiger partial charge is 0.130 e. The fourth-order valence-electron chi connectivity index (χ4n) is 2.86. The minimum absolute atomic E-state index is 0.187. The number of aldehydes is 1. The number of rotatable bonds is 3. The van der Waals surface area contributed by atoms with Gasteiger partial charge in [-0.2, -0.15) is 0 Å². The molecule has 0 atom stereocenters. The zero-order valence-electron chi connectivity index (χ0n) is 10.9. The van der Waals surface area contributed by atoms with Crippen molar-refractivity contribution in [2.45, 2.75) is 57.3 Å². The van der Waals surface area contributed by atoms with Crippen LogP contribution in [0, 0.1) is 0 Å². The Morgan fingerprint density at radius 3 is 2.12 bits per heavy atom. The summed E-state index contributed by atoms with van der Waals surface area (Å²) < 4.78 is 0. The highest BCUT2D eigenvalue weighted by Crippen LogP contribution is 2.38. The summed E-state index contributed by atoms with van der Waals surface area (Å²) in [5.41, 5.74) is 2.38. The van der Waals surface area contributed by atoms with Gasteiger partial charge in [0.2, 0.25) is 0 Å². The van der Waals surface area contributed by atoms with Crippen LogP contribution < -0.4 is 0 Å². The molecular weight excluding hydrogens is 208 g/mol. The lowest BCUT2D eigenvalue weighted by Crippen LogP contribution is -2.30. The van der Waals surface area contributed by atoms with Gasteiger partial charge in [0.15, 0.2) is 0 Å². The summed E-state index contributed by atoms with van der Waals surface area (Å²) in [5.74, 6) is 0.558. The minimum atomic E-state index is -0.187. The molecule has 0 aromatic heterocycles. The average molecular weight is 230 g/mol. The van der Waals surface area contributed by atoms with Crippen LogP contribution in [0.5, 0.6) is 0 Å². The highest BCUT2D eigenvalue weighted by molar-refractivity contribution is 5.68. The van der Waals surface area contributed by atoms with Crippen molar-refractivity contribution >= 4 is 6.29 Å². The van der Waals surface area contributed by atoms with E-state index in [4.69, 9.17) is 0 Å². The van der Waals surface area contributed by atoms with Gasteiger partial charge >= 0.3 is 0 Å². The van der Waals surface area contributed by atoms with Gasteiger partial charge in [0.1, 0.15) is 6.29 Å². The van der Waals surface area contributed by atoms with E-state index < -0.39 is 0 Å². The van der Waals surface area contributed by atoms with Crippen LogP contribution in [0.2, 0.25) is 0 Å². The van der Waals surface area contributed by atoms with E-state index in [1.165, 1.54) is 36.7 Å². The lowest BCUT2D eigenvalue weighted by molar-refractivity contribution is -0.113. The standard InChI is InChI=1S/C16H22O/c1-13(2)14-6-8-15(9-7-14)16(12-17)10-4-3-5-11-16/h6-9,12-13H,3-5,10-11H2,1-2H3. The summed E-state index contributed by atoms with van der Waals surface area (Å²) in [4.78, 5) is 11.5. The maximum Gasteiger partial charge on any atom is 0.130 e. The molecule has 1 aromatic carbocycles. The van der Waals surface area contributed by atoms with Crippen molar-refractivity contribution in [1.29, 1.82) is 0 Å². The van der Waals surface area contributed by atoms with E-state index in [0.717, 1.165) is 12.8 Å². The van der Waals surface area contributed by atoms with E-state index in [9.17, 15) is 4.79 Å². The average Bonchev–Trinajstić information content (AvgIpc) is 2.39. The number of carbonyl (C=O) groups excluding carboxylic acids is 1. The maximum absolute atomic E-state index is 11.5. The molecule has 0 radical (unpaired) electrons. The topological polar surface area (TPSA) is 17.1 Å². The lowest BCUT2D eigenvalue weighted by atomic mass is 9.70. The predicted molar refractivity (Wildman–Crippen MR) is 71.4 cm³/mol. The van der Waals surface area contributed by atoms with Crippen molar-refractivity contribution in [3.63, 3.8) is 0 Å². The van der Waals surface area contributed by atoms with E-state index in [0.29, 0.717) is 5.92 Å². The molecule has 0 unspecified atom stereocenters. The Hall–Kier alpha value is -1.11. The summed E-state index contributed by atoms with van der Waals surface area (Å²) >= 11 is 0. The first-order valence-electron chi connectivity index (χ1n) is 6.75. The predicted octanol–water partition coefficient (Wildman–Crippen LogP) is 4.21. The van der Waals surface area contributed by atoms with Gasteiger partial charge in [-0.15, -0.1) is 0 Å². The Balaban J connectivity index is 2.27. The summed E-state index contributed by atoms with van der Waals surface area (Å²) in [6.45, 7) is 4.40. The quantitative estimate of drug-likeness (QED) is 0.711. The number of hydrogen-bond donors (Lipinski definition) is 0. The molecule has 0 saturated heterocycles. The first-order valence-corrected chi connectivity index (χ1v) is 6.75. The summed E-state index contributed by atoms with van der Waals surface area (Å²) in [7, 11) is 0. The molecule has 1 aromatic rings. The molecule has 0 heterocycles. The molecule has 1 aliphatic carbocycles. The van der Waals surface area contributed by atoms with Crippen LogP contribution in [0.4, 0.5) is 0 Å². The van der Waals surface area contributed by atoms with Gasteiger partial charge in [0.25, 0.3) is 0 Å². The third kappa shape index (κ3) is 2.43. The monoisotopic (exact) mass is 230 g/mol. The molecule has 0 aliphatic heterocycles. The summed E-state index contributed by atoms with van der Waals surface area (Å²) in [6, 6.07) is 8.68. The molecule has 0 N–H and O–H groups in total. The first kappa shape index (κ1) is 12.3. The second-order valence-corrected chi connectivity index (χ2v) is 5.61. The number of benzene rings is 1. The molecular formula is C16H22O.